The van der Waals surface area contributed by atoms with Crippen LogP contribution in [0.15, 0.2) is 24.3 Å². The lowest BCUT2D eigenvalue weighted by molar-refractivity contribution is -0.139. The van der Waals surface area contributed by atoms with Gasteiger partial charge in [0.2, 0.25) is 0 Å². The molecule has 116 valence electrons. The van der Waals surface area contributed by atoms with E-state index in [2.05, 4.69) is 10.6 Å². The van der Waals surface area contributed by atoms with Crippen LogP contribution >= 0.6 is 0 Å². The molecule has 1 aromatic carbocycles. The molecule has 6 heteroatoms. The monoisotopic (exact) mass is 296 g/mol. The number of hydrogen-bond acceptors (Lipinski definition) is 2. The summed E-state index contributed by atoms with van der Waals surface area (Å²) in [4.78, 5) is 22.9. The number of carboxylic acid groups (broad SMARTS) is 1. The van der Waals surface area contributed by atoms with Gasteiger partial charge in [-0.2, -0.15) is 0 Å². The summed E-state index contributed by atoms with van der Waals surface area (Å²) >= 11 is 0. The first-order chi connectivity index (χ1) is 9.95. The zero-order valence-corrected chi connectivity index (χ0v) is 12.2. The summed E-state index contributed by atoms with van der Waals surface area (Å²) in [6.45, 7) is 3.58. The van der Waals surface area contributed by atoms with Crippen LogP contribution in [-0.4, -0.2) is 23.1 Å². The van der Waals surface area contributed by atoms with Gasteiger partial charge in [0.15, 0.2) is 0 Å². The van der Waals surface area contributed by atoms with Crippen LogP contribution in [0.2, 0.25) is 0 Å². The number of aliphatic carboxylic acids is 1. The molecule has 0 aliphatic heterocycles. The van der Waals surface area contributed by atoms with Crippen LogP contribution in [0, 0.1) is 5.82 Å². The van der Waals surface area contributed by atoms with Crippen LogP contribution < -0.4 is 10.6 Å². The molecule has 1 rings (SSSR count). The third kappa shape index (κ3) is 5.41. The van der Waals surface area contributed by atoms with Gasteiger partial charge in [-0.05, 0) is 19.4 Å². The molecule has 0 heterocycles. The average Bonchev–Trinajstić information content (AvgIpc) is 2.43. The minimum absolute atomic E-state index is 0.355. The molecule has 0 aliphatic rings. The van der Waals surface area contributed by atoms with Gasteiger partial charge in [-0.15, -0.1) is 0 Å². The molecule has 2 unspecified atom stereocenters. The predicted molar refractivity (Wildman–Crippen MR) is 77.4 cm³/mol. The van der Waals surface area contributed by atoms with Crippen LogP contribution in [0.4, 0.5) is 9.18 Å². The first-order valence-corrected chi connectivity index (χ1v) is 7.00. The zero-order chi connectivity index (χ0) is 15.8. The number of hydrogen-bond donors (Lipinski definition) is 3. The van der Waals surface area contributed by atoms with E-state index in [0.717, 1.165) is 6.42 Å². The summed E-state index contributed by atoms with van der Waals surface area (Å²) in [5, 5.41) is 14.0. The highest BCUT2D eigenvalue weighted by molar-refractivity contribution is 5.82. The van der Waals surface area contributed by atoms with Crippen molar-refractivity contribution in [2.75, 3.05) is 0 Å². The third-order valence-electron chi connectivity index (χ3n) is 3.17. The van der Waals surface area contributed by atoms with E-state index in [1.807, 2.05) is 6.92 Å². The van der Waals surface area contributed by atoms with Crippen molar-refractivity contribution in [1.29, 1.82) is 0 Å². The van der Waals surface area contributed by atoms with E-state index in [1.54, 1.807) is 25.1 Å². The molecule has 0 aromatic heterocycles. The van der Waals surface area contributed by atoms with Crippen LogP contribution in [0.3, 0.4) is 0 Å². The van der Waals surface area contributed by atoms with Crippen molar-refractivity contribution in [2.45, 2.75) is 45.2 Å². The number of benzene rings is 1. The molecule has 0 aliphatic carbocycles. The Morgan fingerprint density at radius 2 is 1.95 bits per heavy atom. The fraction of sp³-hybridized carbons (Fsp3) is 0.467. The molecule has 0 radical (unpaired) electrons. The molecule has 0 saturated carbocycles. The van der Waals surface area contributed by atoms with Gasteiger partial charge in [0.1, 0.15) is 11.9 Å². The SMILES string of the molecule is CCCCC(NC(=O)NC(C)c1ccccc1F)C(=O)O. The Bertz CT molecular complexity index is 494. The highest BCUT2D eigenvalue weighted by Crippen LogP contribution is 2.15. The first kappa shape index (κ1) is 16.9. The molecule has 5 nitrogen and oxygen atoms in total. The third-order valence-corrected chi connectivity index (χ3v) is 3.17. The molecule has 2 amide bonds. The topological polar surface area (TPSA) is 78.4 Å². The second-order valence-electron chi connectivity index (χ2n) is 4.89. The van der Waals surface area contributed by atoms with Gasteiger partial charge < -0.3 is 15.7 Å². The van der Waals surface area contributed by atoms with E-state index in [4.69, 9.17) is 5.11 Å². The minimum Gasteiger partial charge on any atom is -0.480 e. The summed E-state index contributed by atoms with van der Waals surface area (Å²) in [6, 6.07) is 4.03. The van der Waals surface area contributed by atoms with E-state index in [1.165, 1.54) is 6.07 Å². The summed E-state index contributed by atoms with van der Waals surface area (Å²) < 4.78 is 13.6. The van der Waals surface area contributed by atoms with E-state index in [9.17, 15) is 14.0 Å². The van der Waals surface area contributed by atoms with Crippen molar-refractivity contribution in [1.82, 2.24) is 10.6 Å². The van der Waals surface area contributed by atoms with E-state index >= 15 is 0 Å². The Morgan fingerprint density at radius 1 is 1.29 bits per heavy atom. The van der Waals surface area contributed by atoms with Gasteiger partial charge in [0.05, 0.1) is 6.04 Å². The fourth-order valence-electron chi connectivity index (χ4n) is 1.97. The standard InChI is InChI=1S/C15H21FN2O3/c1-3-4-9-13(14(19)20)18-15(21)17-10(2)11-7-5-6-8-12(11)16/h5-8,10,13H,3-4,9H2,1-2H3,(H,19,20)(H2,17,18,21). The van der Waals surface area contributed by atoms with Crippen molar-refractivity contribution >= 4 is 12.0 Å². The number of unbranched alkanes of at least 4 members (excludes halogenated alkanes) is 1. The number of rotatable bonds is 7. The number of nitrogens with one attached hydrogen (secondary N) is 2. The Balaban J connectivity index is 2.59. The Labute approximate surface area is 123 Å². The second kappa shape index (κ2) is 8.24. The number of halogens is 1. The predicted octanol–water partition coefficient (Wildman–Crippen LogP) is 2.83. The van der Waals surface area contributed by atoms with Crippen LogP contribution in [0.25, 0.3) is 0 Å². The zero-order valence-electron chi connectivity index (χ0n) is 12.2. The van der Waals surface area contributed by atoms with E-state index < -0.39 is 29.9 Å². The fourth-order valence-corrected chi connectivity index (χ4v) is 1.97. The molecular weight excluding hydrogens is 275 g/mol. The summed E-state index contributed by atoms with van der Waals surface area (Å²) in [5.41, 5.74) is 0.355. The van der Waals surface area contributed by atoms with Gasteiger partial charge in [0.25, 0.3) is 0 Å². The maximum absolute atomic E-state index is 13.6. The van der Waals surface area contributed by atoms with Gasteiger partial charge in [-0.1, -0.05) is 38.0 Å². The van der Waals surface area contributed by atoms with Gasteiger partial charge in [-0.3, -0.25) is 0 Å². The lowest BCUT2D eigenvalue weighted by Gasteiger charge is -2.19. The summed E-state index contributed by atoms with van der Waals surface area (Å²) in [5.74, 6) is -1.48. The second-order valence-corrected chi connectivity index (χ2v) is 4.89. The van der Waals surface area contributed by atoms with Crippen LogP contribution in [-0.2, 0) is 4.79 Å². The van der Waals surface area contributed by atoms with Crippen molar-refractivity contribution in [3.05, 3.63) is 35.6 Å². The van der Waals surface area contributed by atoms with Crippen LogP contribution in [0.1, 0.15) is 44.7 Å². The quantitative estimate of drug-likeness (QED) is 0.724. The largest absolute Gasteiger partial charge is 0.480 e. The van der Waals surface area contributed by atoms with Crippen molar-refractivity contribution < 1.29 is 19.1 Å². The molecule has 0 spiro atoms. The maximum Gasteiger partial charge on any atom is 0.326 e. The van der Waals surface area contributed by atoms with Gasteiger partial charge >= 0.3 is 12.0 Å². The molecule has 1 aromatic rings. The molecule has 3 N–H and O–H groups in total. The number of carbonyl (C=O) groups excluding carboxylic acids is 1. The van der Waals surface area contributed by atoms with Gasteiger partial charge in [-0.25, -0.2) is 14.0 Å². The highest BCUT2D eigenvalue weighted by Gasteiger charge is 2.20. The Hall–Kier alpha value is -2.11. The minimum atomic E-state index is -1.07. The molecule has 2 atom stereocenters. The number of carboxylic acids is 1. The Kier molecular flexibility index (Phi) is 6.65. The molecule has 21 heavy (non-hydrogen) atoms. The summed E-state index contributed by atoms with van der Waals surface area (Å²) in [7, 11) is 0. The van der Waals surface area contributed by atoms with Crippen molar-refractivity contribution in [2.24, 2.45) is 0 Å². The van der Waals surface area contributed by atoms with Crippen molar-refractivity contribution in [3.8, 4) is 0 Å². The van der Waals surface area contributed by atoms with Crippen LogP contribution in [0.5, 0.6) is 0 Å². The average molecular weight is 296 g/mol. The van der Waals surface area contributed by atoms with E-state index in [0.29, 0.717) is 18.4 Å². The number of urea groups is 1. The maximum atomic E-state index is 13.6. The molecule has 0 saturated heterocycles. The highest BCUT2D eigenvalue weighted by atomic mass is 19.1. The number of carbonyl (C=O) groups is 2. The summed E-state index contributed by atoms with van der Waals surface area (Å²) in [6.07, 6.45) is 1.92. The van der Waals surface area contributed by atoms with Gasteiger partial charge in [0, 0.05) is 5.56 Å². The molecular formula is C15H21FN2O3. The molecule has 0 bridgehead atoms. The normalized spacial score (nSPS) is 13.3. The van der Waals surface area contributed by atoms with Crippen molar-refractivity contribution in [3.63, 3.8) is 0 Å². The lowest BCUT2D eigenvalue weighted by Crippen LogP contribution is -2.46. The lowest BCUT2D eigenvalue weighted by atomic mass is 10.1. The smallest absolute Gasteiger partial charge is 0.326 e. The number of amides is 2. The Morgan fingerprint density at radius 3 is 2.52 bits per heavy atom. The van der Waals surface area contributed by atoms with E-state index in [-0.39, 0.29) is 0 Å². The first-order valence-electron chi connectivity index (χ1n) is 7.00. The molecule has 0 fully saturated rings.